The summed E-state index contributed by atoms with van der Waals surface area (Å²) in [6, 6.07) is 8.61. The summed E-state index contributed by atoms with van der Waals surface area (Å²) in [4.78, 5) is 14.3. The summed E-state index contributed by atoms with van der Waals surface area (Å²) in [5.41, 5.74) is 4.37. The summed E-state index contributed by atoms with van der Waals surface area (Å²) in [7, 11) is 0. The van der Waals surface area contributed by atoms with Gasteiger partial charge >= 0.3 is 5.97 Å². The third-order valence-corrected chi connectivity index (χ3v) is 3.12. The fraction of sp³-hybridized carbons (Fsp3) is 0.381. The minimum absolute atomic E-state index is 0.228. The molecule has 1 aromatic rings. The molecule has 0 amide bonds. The van der Waals surface area contributed by atoms with Crippen molar-refractivity contribution in [3.63, 3.8) is 0 Å². The van der Waals surface area contributed by atoms with Gasteiger partial charge in [0.1, 0.15) is 6.61 Å². The topological polar surface area (TPSA) is 38.7 Å². The number of benzene rings is 1. The molecule has 0 aliphatic carbocycles. The Hall–Kier alpha value is -2.38. The molecule has 0 saturated heterocycles. The van der Waals surface area contributed by atoms with E-state index in [0.717, 1.165) is 5.57 Å². The van der Waals surface area contributed by atoms with Gasteiger partial charge in [-0.2, -0.15) is 0 Å². The Bertz CT molecular complexity index is 629. The fourth-order valence-electron chi connectivity index (χ4n) is 1.64. The molecule has 0 heterocycles. The largest absolute Gasteiger partial charge is 0.460 e. The molecule has 0 radical (unpaired) electrons. The molecule has 0 N–H and O–H groups in total. The van der Waals surface area contributed by atoms with Gasteiger partial charge in [-0.25, -0.2) is 9.79 Å². The molecule has 0 aromatic heterocycles. The Morgan fingerprint density at radius 1 is 1.25 bits per heavy atom. The van der Waals surface area contributed by atoms with Gasteiger partial charge in [0.05, 0.1) is 6.54 Å². The first kappa shape index (κ1) is 21.6. The SMILES string of the molecule is C=C(C)c1cccc(C(C)(C)C)c1.C=C=NCCOC(=O)C(=C)C. The summed E-state index contributed by atoms with van der Waals surface area (Å²) in [5.74, 6) is 1.95. The van der Waals surface area contributed by atoms with Crippen molar-refractivity contribution in [2.75, 3.05) is 13.2 Å². The number of ether oxygens (including phenoxy) is 1. The average molecular weight is 327 g/mol. The van der Waals surface area contributed by atoms with Crippen molar-refractivity contribution in [1.82, 2.24) is 0 Å². The monoisotopic (exact) mass is 327 g/mol. The highest BCUT2D eigenvalue weighted by molar-refractivity contribution is 5.86. The zero-order valence-electron chi connectivity index (χ0n) is 15.6. The van der Waals surface area contributed by atoms with Crippen molar-refractivity contribution in [1.29, 1.82) is 0 Å². The predicted molar refractivity (Wildman–Crippen MR) is 104 cm³/mol. The minimum atomic E-state index is -0.385. The van der Waals surface area contributed by atoms with E-state index in [1.165, 1.54) is 11.1 Å². The van der Waals surface area contributed by atoms with E-state index in [2.05, 4.69) is 75.6 Å². The van der Waals surface area contributed by atoms with Gasteiger partial charge in [0.15, 0.2) is 0 Å². The lowest BCUT2D eigenvalue weighted by Crippen LogP contribution is -2.10. The van der Waals surface area contributed by atoms with Crippen molar-refractivity contribution in [2.45, 2.75) is 40.0 Å². The van der Waals surface area contributed by atoms with Crippen molar-refractivity contribution in [3.8, 4) is 0 Å². The Labute approximate surface area is 146 Å². The van der Waals surface area contributed by atoms with Crippen LogP contribution < -0.4 is 0 Å². The summed E-state index contributed by atoms with van der Waals surface area (Å²) in [6.07, 6.45) is 0. The molecule has 3 nitrogen and oxygen atoms in total. The van der Waals surface area contributed by atoms with Crippen LogP contribution >= 0.6 is 0 Å². The second-order valence-electron chi connectivity index (χ2n) is 6.57. The quantitative estimate of drug-likeness (QED) is 0.331. The zero-order valence-corrected chi connectivity index (χ0v) is 15.6. The molecule has 0 fully saturated rings. The van der Waals surface area contributed by atoms with Crippen LogP contribution in [-0.2, 0) is 14.9 Å². The van der Waals surface area contributed by atoms with Crippen molar-refractivity contribution in [3.05, 3.63) is 60.7 Å². The Morgan fingerprint density at radius 2 is 1.88 bits per heavy atom. The number of aliphatic imine (C=N–C) groups is 1. The lowest BCUT2D eigenvalue weighted by atomic mass is 9.85. The van der Waals surface area contributed by atoms with Gasteiger partial charge in [-0.15, -0.1) is 0 Å². The number of allylic oxidation sites excluding steroid dienone is 1. The Kier molecular flexibility index (Phi) is 9.37. The van der Waals surface area contributed by atoms with Crippen LogP contribution in [0.25, 0.3) is 5.57 Å². The highest BCUT2D eigenvalue weighted by atomic mass is 16.5. The molecule has 0 bridgehead atoms. The van der Waals surface area contributed by atoms with E-state index in [1.54, 1.807) is 6.92 Å². The molecular weight excluding hydrogens is 298 g/mol. The normalized spacial score (nSPS) is 9.88. The predicted octanol–water partition coefficient (Wildman–Crippen LogP) is 4.98. The summed E-state index contributed by atoms with van der Waals surface area (Å²) >= 11 is 0. The molecule has 1 aromatic carbocycles. The van der Waals surface area contributed by atoms with Crippen LogP contribution in [-0.4, -0.2) is 25.0 Å². The highest BCUT2D eigenvalue weighted by Crippen LogP contribution is 2.24. The van der Waals surface area contributed by atoms with Crippen LogP contribution in [0.1, 0.15) is 45.7 Å². The average Bonchev–Trinajstić information content (AvgIpc) is 2.51. The number of carbonyl (C=O) groups is 1. The molecule has 0 unspecified atom stereocenters. The highest BCUT2D eigenvalue weighted by Gasteiger charge is 2.13. The smallest absolute Gasteiger partial charge is 0.333 e. The number of rotatable bonds is 5. The molecule has 24 heavy (non-hydrogen) atoms. The maximum absolute atomic E-state index is 10.7. The standard InChI is InChI=1S/C13H18.C8H11NO2/c1-10(2)11-7-6-8-12(9-11)13(3,4)5;1-4-9-5-6-11-8(10)7(2)3/h6-9H,1H2,2-5H3;1-2,5-6H2,3H3. The molecule has 0 saturated carbocycles. The molecule has 1 rings (SSSR count). The first-order valence-electron chi connectivity index (χ1n) is 7.87. The summed E-state index contributed by atoms with van der Waals surface area (Å²) < 4.78 is 4.71. The second-order valence-corrected chi connectivity index (χ2v) is 6.57. The molecule has 0 atom stereocenters. The van der Waals surface area contributed by atoms with Crippen LogP contribution in [0.2, 0.25) is 0 Å². The van der Waals surface area contributed by atoms with Crippen LogP contribution in [0.15, 0.2) is 54.6 Å². The molecular formula is C21H29NO2. The summed E-state index contributed by atoms with van der Waals surface area (Å²) in [6.45, 7) is 21.6. The van der Waals surface area contributed by atoms with Gasteiger partial charge in [-0.3, -0.25) is 0 Å². The third kappa shape index (κ3) is 8.92. The van der Waals surface area contributed by atoms with Gasteiger partial charge < -0.3 is 4.74 Å². The van der Waals surface area contributed by atoms with Gasteiger partial charge in [0.2, 0.25) is 0 Å². The van der Waals surface area contributed by atoms with E-state index in [0.29, 0.717) is 12.1 Å². The van der Waals surface area contributed by atoms with Crippen molar-refractivity contribution < 1.29 is 9.53 Å². The van der Waals surface area contributed by atoms with Gasteiger partial charge in [-0.1, -0.05) is 63.8 Å². The Morgan fingerprint density at radius 3 is 2.33 bits per heavy atom. The number of hydrogen-bond acceptors (Lipinski definition) is 3. The van der Waals surface area contributed by atoms with Gasteiger partial charge in [-0.05, 0) is 42.8 Å². The van der Waals surface area contributed by atoms with Crippen molar-refractivity contribution >= 4 is 17.4 Å². The van der Waals surface area contributed by atoms with Crippen LogP contribution in [0.3, 0.4) is 0 Å². The molecule has 3 heteroatoms. The van der Waals surface area contributed by atoms with E-state index >= 15 is 0 Å². The molecule has 0 aliphatic heterocycles. The number of carbonyl (C=O) groups excluding carboxylic acids is 1. The van der Waals surface area contributed by atoms with Gasteiger partial charge in [0.25, 0.3) is 0 Å². The van der Waals surface area contributed by atoms with Crippen molar-refractivity contribution in [2.24, 2.45) is 4.99 Å². The molecule has 0 spiro atoms. The molecule has 130 valence electrons. The van der Waals surface area contributed by atoms with Crippen LogP contribution in [0.4, 0.5) is 0 Å². The van der Waals surface area contributed by atoms with E-state index < -0.39 is 0 Å². The number of nitrogens with zero attached hydrogens (tertiary/aromatic N) is 1. The zero-order chi connectivity index (χ0) is 18.8. The van der Waals surface area contributed by atoms with Gasteiger partial charge in [0, 0.05) is 5.57 Å². The minimum Gasteiger partial charge on any atom is -0.460 e. The third-order valence-electron chi connectivity index (χ3n) is 3.12. The first-order chi connectivity index (χ1) is 11.1. The van der Waals surface area contributed by atoms with E-state index in [-0.39, 0.29) is 18.0 Å². The lowest BCUT2D eigenvalue weighted by molar-refractivity contribution is -0.138. The fourth-order valence-corrected chi connectivity index (χ4v) is 1.64. The Balaban J connectivity index is 0.000000449. The number of hydrogen-bond donors (Lipinski definition) is 0. The summed E-state index contributed by atoms with van der Waals surface area (Å²) in [5, 5.41) is 0. The van der Waals surface area contributed by atoms with Crippen LogP contribution in [0, 0.1) is 0 Å². The maximum Gasteiger partial charge on any atom is 0.333 e. The lowest BCUT2D eigenvalue weighted by Gasteiger charge is -2.19. The maximum atomic E-state index is 10.7. The van der Waals surface area contributed by atoms with E-state index in [1.807, 2.05) is 6.92 Å². The second kappa shape index (κ2) is 10.4. The van der Waals surface area contributed by atoms with E-state index in [9.17, 15) is 4.79 Å². The van der Waals surface area contributed by atoms with E-state index in [4.69, 9.17) is 4.74 Å². The molecule has 0 aliphatic rings. The first-order valence-corrected chi connectivity index (χ1v) is 7.87. The van der Waals surface area contributed by atoms with Crippen LogP contribution in [0.5, 0.6) is 0 Å². The number of esters is 1.